The summed E-state index contributed by atoms with van der Waals surface area (Å²) in [5.41, 5.74) is 0.770. The zero-order chi connectivity index (χ0) is 17.3. The molecule has 2 saturated heterocycles. The molecule has 2 bridgehead atoms. The van der Waals surface area contributed by atoms with E-state index < -0.39 is 42.4 Å². The number of alkyl halides is 2. The van der Waals surface area contributed by atoms with Gasteiger partial charge < -0.3 is 9.47 Å². The first-order chi connectivity index (χ1) is 11.4. The van der Waals surface area contributed by atoms with Crippen LogP contribution in [0.5, 0.6) is 0 Å². The molecule has 1 aromatic carbocycles. The molecule has 0 radical (unpaired) electrons. The van der Waals surface area contributed by atoms with Gasteiger partial charge in [0.15, 0.2) is 0 Å². The van der Waals surface area contributed by atoms with E-state index in [9.17, 15) is 18.4 Å². The summed E-state index contributed by atoms with van der Waals surface area (Å²) in [7, 11) is 0. The second-order valence-electron chi connectivity index (χ2n) is 6.09. The fraction of sp³-hybridized carbons (Fsp3) is 0.529. The zero-order valence-electron chi connectivity index (χ0n) is 13.3. The molecule has 2 unspecified atom stereocenters. The summed E-state index contributed by atoms with van der Waals surface area (Å²) in [6, 6.07) is 6.81. The summed E-state index contributed by atoms with van der Waals surface area (Å²) >= 11 is 0. The van der Waals surface area contributed by atoms with Crippen LogP contribution in [0.25, 0.3) is 0 Å². The highest BCUT2D eigenvalue weighted by atomic mass is 19.3. The standard InChI is InChI=1S/C17H19F2NO4/c1-2-23-15(21)12-8-14-17(18,19)9-13(12)20(14)16(22)24-10-11-6-4-3-5-7-11/h3-7,12-14H,2,8-10H2,1H3/t12-,13?,14?/m1/s1. The monoisotopic (exact) mass is 339 g/mol. The van der Waals surface area contributed by atoms with Crippen LogP contribution in [0.2, 0.25) is 0 Å². The molecule has 0 N–H and O–H groups in total. The Morgan fingerprint density at radius 3 is 2.62 bits per heavy atom. The molecule has 3 rings (SSSR count). The molecule has 24 heavy (non-hydrogen) atoms. The summed E-state index contributed by atoms with van der Waals surface area (Å²) in [4.78, 5) is 25.3. The van der Waals surface area contributed by atoms with Crippen molar-refractivity contribution < 1.29 is 27.8 Å². The SMILES string of the molecule is CCOC(=O)[C@@H]1CC2N(C(=O)OCc3ccccc3)C1CC2(F)F. The Hall–Kier alpha value is -2.18. The van der Waals surface area contributed by atoms with Gasteiger partial charge in [0.1, 0.15) is 6.61 Å². The largest absolute Gasteiger partial charge is 0.466 e. The fourth-order valence-corrected chi connectivity index (χ4v) is 3.53. The first-order valence-corrected chi connectivity index (χ1v) is 7.97. The lowest BCUT2D eigenvalue weighted by Crippen LogP contribution is -2.40. The van der Waals surface area contributed by atoms with E-state index in [-0.39, 0.29) is 19.6 Å². The lowest BCUT2D eigenvalue weighted by molar-refractivity contribution is -0.150. The predicted octanol–water partition coefficient (Wildman–Crippen LogP) is 2.98. The highest BCUT2D eigenvalue weighted by molar-refractivity contribution is 5.78. The van der Waals surface area contributed by atoms with E-state index in [1.54, 1.807) is 31.2 Å². The van der Waals surface area contributed by atoms with Crippen molar-refractivity contribution >= 4 is 12.1 Å². The number of carbonyl (C=O) groups is 2. The van der Waals surface area contributed by atoms with Crippen LogP contribution in [0.15, 0.2) is 30.3 Å². The molecule has 2 aliphatic heterocycles. The highest BCUT2D eigenvalue weighted by Crippen LogP contribution is 2.50. The minimum Gasteiger partial charge on any atom is -0.466 e. The molecule has 2 aliphatic rings. The molecule has 0 spiro atoms. The number of nitrogens with zero attached hydrogens (tertiary/aromatic N) is 1. The third-order valence-corrected chi connectivity index (χ3v) is 4.61. The van der Waals surface area contributed by atoms with Gasteiger partial charge in [0.25, 0.3) is 5.92 Å². The molecule has 0 aromatic heterocycles. The molecular weight excluding hydrogens is 320 g/mol. The molecule has 1 aromatic rings. The van der Waals surface area contributed by atoms with Gasteiger partial charge in [-0.05, 0) is 18.9 Å². The molecule has 5 nitrogen and oxygen atoms in total. The Labute approximate surface area is 138 Å². The maximum Gasteiger partial charge on any atom is 0.410 e. The van der Waals surface area contributed by atoms with Crippen LogP contribution in [-0.2, 0) is 20.9 Å². The summed E-state index contributed by atoms with van der Waals surface area (Å²) in [6.07, 6.45) is -1.42. The van der Waals surface area contributed by atoms with Crippen LogP contribution in [0, 0.1) is 5.92 Å². The number of fused-ring (bicyclic) bond motifs is 2. The Morgan fingerprint density at radius 2 is 1.96 bits per heavy atom. The molecular formula is C17H19F2NO4. The van der Waals surface area contributed by atoms with Crippen LogP contribution in [0.4, 0.5) is 13.6 Å². The van der Waals surface area contributed by atoms with Crippen molar-refractivity contribution in [1.82, 2.24) is 4.90 Å². The van der Waals surface area contributed by atoms with Gasteiger partial charge in [-0.15, -0.1) is 0 Å². The average Bonchev–Trinajstić information content (AvgIpc) is 3.05. The van der Waals surface area contributed by atoms with Crippen LogP contribution in [-0.4, -0.2) is 41.6 Å². The minimum absolute atomic E-state index is 0.00522. The number of benzene rings is 1. The smallest absolute Gasteiger partial charge is 0.410 e. The maximum atomic E-state index is 14.0. The number of hydrogen-bond donors (Lipinski definition) is 0. The van der Waals surface area contributed by atoms with Crippen molar-refractivity contribution in [3.8, 4) is 0 Å². The molecule has 0 aliphatic carbocycles. The summed E-state index contributed by atoms with van der Waals surface area (Å²) < 4.78 is 38.2. The van der Waals surface area contributed by atoms with Gasteiger partial charge in [-0.3, -0.25) is 9.69 Å². The Bertz CT molecular complexity index is 622. The van der Waals surface area contributed by atoms with E-state index in [0.717, 1.165) is 10.5 Å². The number of esters is 1. The second kappa shape index (κ2) is 6.37. The maximum absolute atomic E-state index is 14.0. The molecule has 1 amide bonds. The van der Waals surface area contributed by atoms with Gasteiger partial charge in [0, 0.05) is 6.42 Å². The van der Waals surface area contributed by atoms with E-state index in [1.165, 1.54) is 0 Å². The van der Waals surface area contributed by atoms with Crippen LogP contribution >= 0.6 is 0 Å². The van der Waals surface area contributed by atoms with Crippen molar-refractivity contribution in [2.45, 2.75) is 44.4 Å². The Kier molecular flexibility index (Phi) is 4.43. The van der Waals surface area contributed by atoms with Gasteiger partial charge in [0.2, 0.25) is 0 Å². The minimum atomic E-state index is -3.00. The molecule has 2 fully saturated rings. The third-order valence-electron chi connectivity index (χ3n) is 4.61. The van der Waals surface area contributed by atoms with Crippen molar-refractivity contribution in [1.29, 1.82) is 0 Å². The number of ether oxygens (including phenoxy) is 2. The Morgan fingerprint density at radius 1 is 1.25 bits per heavy atom. The highest BCUT2D eigenvalue weighted by Gasteiger charge is 2.65. The van der Waals surface area contributed by atoms with Crippen molar-refractivity contribution in [2.24, 2.45) is 5.92 Å². The number of hydrogen-bond acceptors (Lipinski definition) is 4. The third kappa shape index (κ3) is 2.95. The van der Waals surface area contributed by atoms with Gasteiger partial charge in [-0.1, -0.05) is 30.3 Å². The van der Waals surface area contributed by atoms with E-state index in [2.05, 4.69) is 0 Å². The van der Waals surface area contributed by atoms with Crippen LogP contribution in [0.1, 0.15) is 25.3 Å². The zero-order valence-corrected chi connectivity index (χ0v) is 13.3. The van der Waals surface area contributed by atoms with E-state index >= 15 is 0 Å². The van der Waals surface area contributed by atoms with Gasteiger partial charge in [-0.25, -0.2) is 13.6 Å². The molecule has 130 valence electrons. The quantitative estimate of drug-likeness (QED) is 0.792. The lowest BCUT2D eigenvalue weighted by Gasteiger charge is -2.23. The van der Waals surface area contributed by atoms with Gasteiger partial charge in [-0.2, -0.15) is 0 Å². The number of halogens is 2. The van der Waals surface area contributed by atoms with Gasteiger partial charge in [0.05, 0.1) is 24.6 Å². The first-order valence-electron chi connectivity index (χ1n) is 7.97. The van der Waals surface area contributed by atoms with Crippen molar-refractivity contribution in [3.63, 3.8) is 0 Å². The van der Waals surface area contributed by atoms with E-state index in [0.29, 0.717) is 0 Å². The summed E-state index contributed by atoms with van der Waals surface area (Å²) in [5.74, 6) is -4.24. The predicted molar refractivity (Wildman–Crippen MR) is 80.3 cm³/mol. The average molecular weight is 339 g/mol. The van der Waals surface area contributed by atoms with Gasteiger partial charge >= 0.3 is 12.1 Å². The number of rotatable bonds is 4. The Balaban J connectivity index is 1.69. The summed E-state index contributed by atoms with van der Waals surface area (Å²) in [6.45, 7) is 1.85. The molecule has 0 saturated carbocycles. The van der Waals surface area contributed by atoms with Crippen LogP contribution < -0.4 is 0 Å². The molecule has 7 heteroatoms. The topological polar surface area (TPSA) is 55.8 Å². The summed E-state index contributed by atoms with van der Waals surface area (Å²) in [5, 5.41) is 0. The molecule has 2 heterocycles. The normalized spacial score (nSPS) is 27.1. The second-order valence-corrected chi connectivity index (χ2v) is 6.09. The van der Waals surface area contributed by atoms with E-state index in [1.807, 2.05) is 6.07 Å². The van der Waals surface area contributed by atoms with Crippen molar-refractivity contribution in [3.05, 3.63) is 35.9 Å². The number of carbonyl (C=O) groups excluding carboxylic acids is 2. The first kappa shape index (κ1) is 16.7. The lowest BCUT2D eigenvalue weighted by atomic mass is 9.87. The van der Waals surface area contributed by atoms with E-state index in [4.69, 9.17) is 9.47 Å². The molecule has 3 atom stereocenters. The van der Waals surface area contributed by atoms with Crippen molar-refractivity contribution in [2.75, 3.05) is 6.61 Å². The number of amides is 1. The van der Waals surface area contributed by atoms with Crippen LogP contribution in [0.3, 0.4) is 0 Å². The fourth-order valence-electron chi connectivity index (χ4n) is 3.53.